The van der Waals surface area contributed by atoms with Crippen molar-refractivity contribution in [2.24, 2.45) is 0 Å². The topological polar surface area (TPSA) is 99.0 Å². The molecule has 2 aromatic rings. The Morgan fingerprint density at radius 2 is 1.92 bits per heavy atom. The molecule has 8 nitrogen and oxygen atoms in total. The molecule has 3 rings (SSSR count). The van der Waals surface area contributed by atoms with Crippen LogP contribution in [-0.2, 0) is 10.0 Å². The summed E-state index contributed by atoms with van der Waals surface area (Å²) in [4.78, 5) is 10.1. The summed E-state index contributed by atoms with van der Waals surface area (Å²) in [5.74, 6) is 1.00. The fourth-order valence-corrected chi connectivity index (χ4v) is 3.92. The van der Waals surface area contributed by atoms with Crippen molar-refractivity contribution in [2.75, 3.05) is 17.6 Å². The first-order valence-electron chi connectivity index (χ1n) is 7.10. The number of nitro groups is 1. The predicted octanol–water partition coefficient (Wildman–Crippen LogP) is 2.54. The Balaban J connectivity index is 2.03. The molecule has 2 aromatic carbocycles. The minimum Gasteiger partial charge on any atom is -0.454 e. The van der Waals surface area contributed by atoms with Gasteiger partial charge in [-0.05, 0) is 25.1 Å². The van der Waals surface area contributed by atoms with E-state index in [9.17, 15) is 18.5 Å². The Morgan fingerprint density at radius 1 is 1.17 bits per heavy atom. The number of hydrogen-bond donors (Lipinski definition) is 0. The van der Waals surface area contributed by atoms with E-state index in [1.807, 2.05) is 0 Å². The van der Waals surface area contributed by atoms with Crippen molar-refractivity contribution in [3.05, 3.63) is 52.6 Å². The Kier molecular flexibility index (Phi) is 4.02. The summed E-state index contributed by atoms with van der Waals surface area (Å²) in [6.07, 6.45) is 0. The van der Waals surface area contributed by atoms with Gasteiger partial charge in [-0.15, -0.1) is 0 Å². The van der Waals surface area contributed by atoms with Crippen LogP contribution in [0.4, 0.5) is 11.4 Å². The van der Waals surface area contributed by atoms with E-state index in [1.54, 1.807) is 25.1 Å². The second kappa shape index (κ2) is 6.00. The summed E-state index contributed by atoms with van der Waals surface area (Å²) in [6.45, 7) is 1.92. The SMILES string of the molecule is CCN(c1ccc2c(c1)OCO2)S(=O)(=O)c1cccc([N+](=O)[O-])c1. The van der Waals surface area contributed by atoms with Crippen LogP contribution in [0.25, 0.3) is 0 Å². The molecule has 0 atom stereocenters. The van der Waals surface area contributed by atoms with Crippen LogP contribution in [0.5, 0.6) is 11.5 Å². The number of non-ortho nitro benzene ring substituents is 1. The third-order valence-electron chi connectivity index (χ3n) is 3.55. The van der Waals surface area contributed by atoms with Gasteiger partial charge in [0, 0.05) is 24.7 Å². The maximum absolute atomic E-state index is 12.9. The van der Waals surface area contributed by atoms with Crippen molar-refractivity contribution in [2.45, 2.75) is 11.8 Å². The molecule has 0 amide bonds. The molecule has 126 valence electrons. The number of fused-ring (bicyclic) bond motifs is 1. The molecule has 0 saturated carbocycles. The van der Waals surface area contributed by atoms with Crippen molar-refractivity contribution >= 4 is 21.4 Å². The van der Waals surface area contributed by atoms with Crippen molar-refractivity contribution in [1.82, 2.24) is 0 Å². The Morgan fingerprint density at radius 3 is 2.62 bits per heavy atom. The number of nitro benzene ring substituents is 1. The summed E-state index contributed by atoms with van der Waals surface area (Å²) in [6, 6.07) is 9.77. The summed E-state index contributed by atoms with van der Waals surface area (Å²) in [5, 5.41) is 10.9. The minimum atomic E-state index is -3.95. The van der Waals surface area contributed by atoms with Gasteiger partial charge in [0.2, 0.25) is 6.79 Å². The molecule has 0 aromatic heterocycles. The first-order valence-corrected chi connectivity index (χ1v) is 8.54. The zero-order valence-electron chi connectivity index (χ0n) is 12.7. The molecular formula is C15H14N2O6S. The van der Waals surface area contributed by atoms with Crippen molar-refractivity contribution in [1.29, 1.82) is 0 Å². The van der Waals surface area contributed by atoms with Gasteiger partial charge in [0.05, 0.1) is 15.5 Å². The molecule has 0 unspecified atom stereocenters. The standard InChI is InChI=1S/C15H14N2O6S/c1-2-16(11-6-7-14-15(9-11)23-10-22-14)24(20,21)13-5-3-4-12(8-13)17(18)19/h3-9H,2,10H2,1H3. The Bertz CT molecular complexity index is 897. The molecule has 0 radical (unpaired) electrons. The predicted molar refractivity (Wildman–Crippen MR) is 85.9 cm³/mol. The summed E-state index contributed by atoms with van der Waals surface area (Å²) in [5.41, 5.74) is 0.117. The zero-order valence-corrected chi connectivity index (χ0v) is 13.5. The largest absolute Gasteiger partial charge is 0.454 e. The van der Waals surface area contributed by atoms with E-state index >= 15 is 0 Å². The van der Waals surface area contributed by atoms with Crippen LogP contribution in [0.15, 0.2) is 47.4 Å². The fourth-order valence-electron chi connectivity index (χ4n) is 2.42. The molecule has 0 aliphatic carbocycles. The lowest BCUT2D eigenvalue weighted by Crippen LogP contribution is -2.30. The molecule has 1 heterocycles. The van der Waals surface area contributed by atoms with Crippen LogP contribution in [-0.4, -0.2) is 26.7 Å². The van der Waals surface area contributed by atoms with Crippen LogP contribution in [0.1, 0.15) is 6.92 Å². The smallest absolute Gasteiger partial charge is 0.270 e. The average molecular weight is 350 g/mol. The van der Waals surface area contributed by atoms with Crippen LogP contribution >= 0.6 is 0 Å². The molecule has 9 heteroatoms. The molecule has 0 bridgehead atoms. The minimum absolute atomic E-state index is 0.0859. The lowest BCUT2D eigenvalue weighted by molar-refractivity contribution is -0.385. The van der Waals surface area contributed by atoms with Crippen molar-refractivity contribution in [3.63, 3.8) is 0 Å². The molecule has 0 N–H and O–H groups in total. The first-order chi connectivity index (χ1) is 11.4. The number of hydrogen-bond acceptors (Lipinski definition) is 6. The Hall–Kier alpha value is -2.81. The average Bonchev–Trinajstić information content (AvgIpc) is 3.03. The van der Waals surface area contributed by atoms with Crippen LogP contribution in [0.3, 0.4) is 0 Å². The molecule has 0 fully saturated rings. The van der Waals surface area contributed by atoms with Crippen LogP contribution < -0.4 is 13.8 Å². The van der Waals surface area contributed by atoms with Gasteiger partial charge in [-0.2, -0.15) is 0 Å². The maximum atomic E-state index is 12.9. The molecule has 0 spiro atoms. The normalized spacial score (nSPS) is 12.9. The van der Waals surface area contributed by atoms with Gasteiger partial charge < -0.3 is 9.47 Å². The first kappa shape index (κ1) is 16.1. The third-order valence-corrected chi connectivity index (χ3v) is 5.45. The maximum Gasteiger partial charge on any atom is 0.270 e. The lowest BCUT2D eigenvalue weighted by atomic mass is 10.3. The second-order valence-corrected chi connectivity index (χ2v) is 6.82. The number of rotatable bonds is 5. The van der Waals surface area contributed by atoms with E-state index in [0.29, 0.717) is 17.2 Å². The number of sulfonamides is 1. The van der Waals surface area contributed by atoms with E-state index in [-0.39, 0.29) is 23.9 Å². The van der Waals surface area contributed by atoms with Gasteiger partial charge in [-0.25, -0.2) is 8.42 Å². The number of benzene rings is 2. The summed E-state index contributed by atoms with van der Waals surface area (Å²) >= 11 is 0. The van der Waals surface area contributed by atoms with Gasteiger partial charge in [0.1, 0.15) is 0 Å². The van der Waals surface area contributed by atoms with E-state index in [4.69, 9.17) is 9.47 Å². The highest BCUT2D eigenvalue weighted by molar-refractivity contribution is 7.92. The van der Waals surface area contributed by atoms with Gasteiger partial charge in [0.15, 0.2) is 11.5 Å². The molecule has 1 aliphatic rings. The van der Waals surface area contributed by atoms with Gasteiger partial charge >= 0.3 is 0 Å². The number of ether oxygens (including phenoxy) is 2. The van der Waals surface area contributed by atoms with E-state index < -0.39 is 14.9 Å². The molecular weight excluding hydrogens is 336 g/mol. The molecule has 1 aliphatic heterocycles. The fraction of sp³-hybridized carbons (Fsp3) is 0.200. The van der Waals surface area contributed by atoms with Crippen LogP contribution in [0, 0.1) is 10.1 Å². The van der Waals surface area contributed by atoms with Crippen molar-refractivity contribution in [3.8, 4) is 11.5 Å². The van der Waals surface area contributed by atoms with Gasteiger partial charge in [-0.3, -0.25) is 14.4 Å². The summed E-state index contributed by atoms with van der Waals surface area (Å²) in [7, 11) is -3.95. The van der Waals surface area contributed by atoms with E-state index in [1.165, 1.54) is 18.2 Å². The van der Waals surface area contributed by atoms with E-state index in [2.05, 4.69) is 0 Å². The van der Waals surface area contributed by atoms with Gasteiger partial charge in [-0.1, -0.05) is 6.07 Å². The summed E-state index contributed by atoms with van der Waals surface area (Å²) < 4.78 is 37.4. The van der Waals surface area contributed by atoms with E-state index in [0.717, 1.165) is 10.4 Å². The van der Waals surface area contributed by atoms with Crippen molar-refractivity contribution < 1.29 is 22.8 Å². The number of nitrogens with zero attached hydrogens (tertiary/aromatic N) is 2. The highest BCUT2D eigenvalue weighted by Gasteiger charge is 2.27. The van der Waals surface area contributed by atoms with Gasteiger partial charge in [0.25, 0.3) is 15.7 Å². The molecule has 0 saturated heterocycles. The second-order valence-electron chi connectivity index (χ2n) is 4.96. The third kappa shape index (κ3) is 2.73. The zero-order chi connectivity index (χ0) is 17.3. The highest BCUT2D eigenvalue weighted by atomic mass is 32.2. The Labute approximate surface area is 138 Å². The molecule has 24 heavy (non-hydrogen) atoms. The lowest BCUT2D eigenvalue weighted by Gasteiger charge is -2.23. The van der Waals surface area contributed by atoms with Crippen LogP contribution in [0.2, 0.25) is 0 Å². The number of anilines is 1. The quantitative estimate of drug-likeness (QED) is 0.607. The highest BCUT2D eigenvalue weighted by Crippen LogP contribution is 2.37. The monoisotopic (exact) mass is 350 g/mol.